The number of pyridine rings is 1. The Morgan fingerprint density at radius 1 is 0.931 bits per heavy atom. The fourth-order valence-corrected chi connectivity index (χ4v) is 4.07. The van der Waals surface area contributed by atoms with Crippen molar-refractivity contribution in [1.29, 1.82) is 0 Å². The maximum absolute atomic E-state index is 11.7. The van der Waals surface area contributed by atoms with Crippen LogP contribution in [0.5, 0.6) is 0 Å². The van der Waals surface area contributed by atoms with Gasteiger partial charge in [-0.3, -0.25) is 14.9 Å². The second-order valence-corrected chi connectivity index (χ2v) is 8.20. The summed E-state index contributed by atoms with van der Waals surface area (Å²) in [4.78, 5) is 35.8. The smallest absolute Gasteiger partial charge is 0.290 e. The maximum Gasteiger partial charge on any atom is 0.290 e. The third-order valence-electron chi connectivity index (χ3n) is 4.42. The molecule has 0 bridgehead atoms. The number of hydrogen-bond donors (Lipinski definition) is 2. The van der Waals surface area contributed by atoms with Crippen molar-refractivity contribution in [3.63, 3.8) is 0 Å². The molecule has 5 rings (SSSR count). The predicted octanol–water partition coefficient (Wildman–Crippen LogP) is 5.41. The summed E-state index contributed by atoms with van der Waals surface area (Å²) in [6.45, 7) is 0. The van der Waals surface area contributed by atoms with Crippen LogP contribution in [0, 0.1) is 0 Å². The lowest BCUT2D eigenvalue weighted by atomic mass is 10.1. The number of amides is 2. The van der Waals surface area contributed by atoms with E-state index in [9.17, 15) is 9.59 Å². The zero-order chi connectivity index (χ0) is 20.1. The molecule has 0 saturated carbocycles. The molecule has 0 spiro atoms. The Hall–Kier alpha value is -2.87. The van der Waals surface area contributed by atoms with Crippen LogP contribution in [0.15, 0.2) is 47.4 Å². The number of H-pyrrole nitrogens is 1. The molecule has 1 saturated heterocycles. The lowest BCUT2D eigenvalue weighted by Gasteiger charge is -2.02. The van der Waals surface area contributed by atoms with Gasteiger partial charge in [0.15, 0.2) is 5.82 Å². The molecule has 2 amide bonds. The molecular weight excluding hydrogens is 431 g/mol. The van der Waals surface area contributed by atoms with E-state index in [-0.39, 0.29) is 11.1 Å². The standard InChI is InChI=1S/C20H10Cl2N4O2S/c21-11-7-15-16(8-12(11)22)25-18(24-15)14-4-2-10-5-9(1-3-13(10)23-14)6-17-19(27)26-20(28)29-17/h1-8H,(H,24,25)(H,26,27,28). The van der Waals surface area contributed by atoms with Crippen molar-refractivity contribution in [3.05, 3.63) is 63.0 Å². The van der Waals surface area contributed by atoms with Gasteiger partial charge in [-0.2, -0.15) is 0 Å². The molecule has 1 fully saturated rings. The van der Waals surface area contributed by atoms with Crippen LogP contribution in [0.1, 0.15) is 5.56 Å². The minimum Gasteiger partial charge on any atom is -0.337 e. The fourth-order valence-electron chi connectivity index (χ4n) is 3.06. The number of imide groups is 1. The summed E-state index contributed by atoms with van der Waals surface area (Å²) in [6.07, 6.45) is 1.69. The molecule has 2 N–H and O–H groups in total. The zero-order valence-electron chi connectivity index (χ0n) is 14.5. The largest absolute Gasteiger partial charge is 0.337 e. The average molecular weight is 441 g/mol. The molecule has 29 heavy (non-hydrogen) atoms. The van der Waals surface area contributed by atoms with E-state index in [1.54, 1.807) is 18.2 Å². The highest BCUT2D eigenvalue weighted by Gasteiger charge is 2.24. The molecule has 1 aliphatic heterocycles. The van der Waals surface area contributed by atoms with E-state index in [4.69, 9.17) is 23.2 Å². The Kier molecular flexibility index (Phi) is 4.31. The first-order valence-electron chi connectivity index (χ1n) is 8.47. The average Bonchev–Trinajstić information content (AvgIpc) is 3.24. The van der Waals surface area contributed by atoms with E-state index in [0.717, 1.165) is 33.7 Å². The number of halogens is 2. The van der Waals surface area contributed by atoms with Gasteiger partial charge in [-0.1, -0.05) is 35.3 Å². The van der Waals surface area contributed by atoms with Gasteiger partial charge in [-0.15, -0.1) is 0 Å². The van der Waals surface area contributed by atoms with Crippen LogP contribution in [-0.2, 0) is 4.79 Å². The van der Waals surface area contributed by atoms with Crippen LogP contribution >= 0.6 is 35.0 Å². The van der Waals surface area contributed by atoms with Crippen LogP contribution in [0.25, 0.3) is 39.5 Å². The van der Waals surface area contributed by atoms with Crippen molar-refractivity contribution in [2.75, 3.05) is 0 Å². The van der Waals surface area contributed by atoms with E-state index in [2.05, 4.69) is 20.3 Å². The Morgan fingerprint density at radius 2 is 1.76 bits per heavy atom. The van der Waals surface area contributed by atoms with Gasteiger partial charge in [-0.05, 0) is 53.7 Å². The van der Waals surface area contributed by atoms with E-state index in [0.29, 0.717) is 32.0 Å². The van der Waals surface area contributed by atoms with Crippen LogP contribution in [0.3, 0.4) is 0 Å². The molecule has 4 aromatic rings. The number of nitrogens with one attached hydrogen (secondary N) is 2. The third kappa shape index (κ3) is 3.37. The molecular formula is C20H10Cl2N4O2S. The number of carbonyl (C=O) groups is 2. The van der Waals surface area contributed by atoms with E-state index in [1.165, 1.54) is 0 Å². The van der Waals surface area contributed by atoms with E-state index < -0.39 is 0 Å². The zero-order valence-corrected chi connectivity index (χ0v) is 16.8. The molecule has 9 heteroatoms. The molecule has 0 unspecified atom stereocenters. The van der Waals surface area contributed by atoms with Crippen LogP contribution < -0.4 is 5.32 Å². The Morgan fingerprint density at radius 3 is 2.55 bits per heavy atom. The number of aromatic amines is 1. The van der Waals surface area contributed by atoms with Crippen molar-refractivity contribution >= 4 is 74.1 Å². The molecule has 6 nitrogen and oxygen atoms in total. The van der Waals surface area contributed by atoms with Crippen molar-refractivity contribution in [2.45, 2.75) is 0 Å². The lowest BCUT2D eigenvalue weighted by Crippen LogP contribution is -2.17. The van der Waals surface area contributed by atoms with E-state index >= 15 is 0 Å². The number of aromatic nitrogens is 3. The molecule has 3 heterocycles. The Labute approximate surface area is 178 Å². The SMILES string of the molecule is O=C1NC(=O)C(=Cc2ccc3nc(-c4nc5cc(Cl)c(Cl)cc5[nH]4)ccc3c2)S1. The van der Waals surface area contributed by atoms with Gasteiger partial charge in [0.1, 0.15) is 5.69 Å². The number of rotatable bonds is 2. The number of fused-ring (bicyclic) bond motifs is 2. The minimum atomic E-state index is -0.376. The van der Waals surface area contributed by atoms with Crippen molar-refractivity contribution in [2.24, 2.45) is 0 Å². The summed E-state index contributed by atoms with van der Waals surface area (Å²) in [7, 11) is 0. The van der Waals surface area contributed by atoms with Gasteiger partial charge in [-0.25, -0.2) is 9.97 Å². The summed E-state index contributed by atoms with van der Waals surface area (Å²) in [5.41, 5.74) is 3.76. The number of imidazole rings is 1. The summed E-state index contributed by atoms with van der Waals surface area (Å²) >= 11 is 13.0. The quantitative estimate of drug-likeness (QED) is 0.406. The normalized spacial score (nSPS) is 15.6. The van der Waals surface area contributed by atoms with Gasteiger partial charge >= 0.3 is 0 Å². The van der Waals surface area contributed by atoms with Gasteiger partial charge in [0.05, 0.1) is 31.5 Å². The fraction of sp³-hybridized carbons (Fsp3) is 0. The summed E-state index contributed by atoms with van der Waals surface area (Å²) < 4.78 is 0. The second kappa shape index (κ2) is 6.88. The number of nitrogens with zero attached hydrogens (tertiary/aromatic N) is 2. The summed E-state index contributed by atoms with van der Waals surface area (Å²) in [5, 5.41) is 3.69. The topological polar surface area (TPSA) is 87.7 Å². The maximum atomic E-state index is 11.7. The molecule has 0 aliphatic carbocycles. The van der Waals surface area contributed by atoms with E-state index in [1.807, 2.05) is 30.3 Å². The van der Waals surface area contributed by atoms with Crippen LogP contribution in [0.4, 0.5) is 4.79 Å². The second-order valence-electron chi connectivity index (χ2n) is 6.37. The predicted molar refractivity (Wildman–Crippen MR) is 116 cm³/mol. The summed E-state index contributed by atoms with van der Waals surface area (Å²) in [6, 6.07) is 12.9. The molecule has 1 aliphatic rings. The molecule has 0 radical (unpaired) electrons. The molecule has 0 atom stereocenters. The van der Waals surface area contributed by atoms with Gasteiger partial charge in [0.25, 0.3) is 11.1 Å². The van der Waals surface area contributed by atoms with Gasteiger partial charge in [0.2, 0.25) is 0 Å². The first kappa shape index (κ1) is 18.2. The molecule has 2 aromatic heterocycles. The van der Waals surface area contributed by atoms with Crippen molar-refractivity contribution < 1.29 is 9.59 Å². The Balaban J connectivity index is 1.52. The number of carbonyl (C=O) groups excluding carboxylic acids is 2. The van der Waals surface area contributed by atoms with Gasteiger partial charge in [0, 0.05) is 5.39 Å². The number of hydrogen-bond acceptors (Lipinski definition) is 5. The lowest BCUT2D eigenvalue weighted by molar-refractivity contribution is -0.115. The number of benzene rings is 2. The highest BCUT2D eigenvalue weighted by molar-refractivity contribution is 8.18. The first-order valence-corrected chi connectivity index (χ1v) is 10.0. The highest BCUT2D eigenvalue weighted by atomic mass is 35.5. The molecule has 142 valence electrons. The monoisotopic (exact) mass is 440 g/mol. The van der Waals surface area contributed by atoms with Crippen LogP contribution in [0.2, 0.25) is 10.0 Å². The summed E-state index contributed by atoms with van der Waals surface area (Å²) in [5.74, 6) is 0.239. The highest BCUT2D eigenvalue weighted by Crippen LogP contribution is 2.30. The van der Waals surface area contributed by atoms with Crippen LogP contribution in [-0.4, -0.2) is 26.1 Å². The third-order valence-corrected chi connectivity index (χ3v) is 5.95. The van der Waals surface area contributed by atoms with Crippen molar-refractivity contribution in [3.8, 4) is 11.5 Å². The van der Waals surface area contributed by atoms with Gasteiger partial charge < -0.3 is 4.98 Å². The van der Waals surface area contributed by atoms with Crippen molar-refractivity contribution in [1.82, 2.24) is 20.3 Å². The Bertz CT molecular complexity index is 1340. The molecule has 2 aromatic carbocycles. The number of thioether (sulfide) groups is 1. The minimum absolute atomic E-state index is 0.359. The first-order chi connectivity index (χ1) is 14.0.